The van der Waals surface area contributed by atoms with Crippen molar-refractivity contribution in [1.82, 2.24) is 4.90 Å². The SMILES string of the molecule is Cc1c(Br)cccc1NC(=O)N1CCCC(C)C1CO. The van der Waals surface area contributed by atoms with Crippen LogP contribution in [0.2, 0.25) is 0 Å². The Kier molecular flexibility index (Phi) is 5.05. The minimum absolute atomic E-state index is 0.0199. The molecular weight excluding hydrogens is 320 g/mol. The summed E-state index contributed by atoms with van der Waals surface area (Å²) in [6, 6.07) is 5.52. The van der Waals surface area contributed by atoms with E-state index in [0.717, 1.165) is 28.6 Å². The highest BCUT2D eigenvalue weighted by Crippen LogP contribution is 2.26. The van der Waals surface area contributed by atoms with Gasteiger partial charge in [0.05, 0.1) is 12.6 Å². The summed E-state index contributed by atoms with van der Waals surface area (Å²) < 4.78 is 0.973. The van der Waals surface area contributed by atoms with Crippen LogP contribution in [-0.2, 0) is 0 Å². The number of amides is 2. The number of piperidine rings is 1. The van der Waals surface area contributed by atoms with Gasteiger partial charge in [0.25, 0.3) is 0 Å². The maximum atomic E-state index is 12.4. The van der Waals surface area contributed by atoms with Crippen molar-refractivity contribution in [1.29, 1.82) is 0 Å². The van der Waals surface area contributed by atoms with Crippen LogP contribution in [0.3, 0.4) is 0 Å². The second-order valence-corrected chi connectivity index (χ2v) is 6.26. The molecule has 1 saturated heterocycles. The Hall–Kier alpha value is -1.07. The molecule has 2 amide bonds. The first kappa shape index (κ1) is 15.3. The van der Waals surface area contributed by atoms with Gasteiger partial charge in [-0.25, -0.2) is 4.79 Å². The summed E-state index contributed by atoms with van der Waals surface area (Å²) in [4.78, 5) is 14.2. The number of aliphatic hydroxyl groups excluding tert-OH is 1. The van der Waals surface area contributed by atoms with Crippen LogP contribution < -0.4 is 5.32 Å². The van der Waals surface area contributed by atoms with E-state index in [2.05, 4.69) is 28.2 Å². The van der Waals surface area contributed by atoms with E-state index in [1.807, 2.05) is 25.1 Å². The van der Waals surface area contributed by atoms with Crippen molar-refractivity contribution in [2.75, 3.05) is 18.5 Å². The van der Waals surface area contributed by atoms with Crippen LogP contribution in [0.25, 0.3) is 0 Å². The number of halogens is 1. The van der Waals surface area contributed by atoms with Crippen molar-refractivity contribution in [3.63, 3.8) is 0 Å². The molecule has 5 heteroatoms. The van der Waals surface area contributed by atoms with Gasteiger partial charge in [-0.2, -0.15) is 0 Å². The maximum absolute atomic E-state index is 12.4. The number of anilines is 1. The number of aliphatic hydroxyl groups is 1. The molecule has 0 bridgehead atoms. The monoisotopic (exact) mass is 340 g/mol. The van der Waals surface area contributed by atoms with E-state index < -0.39 is 0 Å². The van der Waals surface area contributed by atoms with Crippen molar-refractivity contribution in [3.8, 4) is 0 Å². The lowest BCUT2D eigenvalue weighted by Crippen LogP contribution is -2.51. The molecule has 2 atom stereocenters. The van der Waals surface area contributed by atoms with Crippen molar-refractivity contribution in [2.45, 2.75) is 32.7 Å². The summed E-state index contributed by atoms with van der Waals surface area (Å²) in [6.45, 7) is 4.77. The Morgan fingerprint density at radius 2 is 2.30 bits per heavy atom. The third kappa shape index (κ3) is 3.15. The second kappa shape index (κ2) is 6.59. The molecule has 1 aliphatic rings. The molecule has 1 heterocycles. The highest BCUT2D eigenvalue weighted by atomic mass is 79.9. The van der Waals surface area contributed by atoms with Crippen molar-refractivity contribution < 1.29 is 9.90 Å². The Morgan fingerprint density at radius 1 is 1.55 bits per heavy atom. The quantitative estimate of drug-likeness (QED) is 0.866. The molecule has 2 rings (SSSR count). The lowest BCUT2D eigenvalue weighted by atomic mass is 9.91. The van der Waals surface area contributed by atoms with Crippen LogP contribution in [0.1, 0.15) is 25.3 Å². The fourth-order valence-corrected chi connectivity index (χ4v) is 3.08. The van der Waals surface area contributed by atoms with Crippen LogP contribution in [-0.4, -0.2) is 35.2 Å². The molecule has 0 aliphatic carbocycles. The van der Waals surface area contributed by atoms with Crippen LogP contribution in [0.5, 0.6) is 0 Å². The van der Waals surface area contributed by atoms with Crippen molar-refractivity contribution >= 4 is 27.6 Å². The number of carbonyl (C=O) groups is 1. The van der Waals surface area contributed by atoms with Gasteiger partial charge in [0.1, 0.15) is 0 Å². The van der Waals surface area contributed by atoms with Gasteiger partial charge in [0.2, 0.25) is 0 Å². The van der Waals surface area contributed by atoms with E-state index in [9.17, 15) is 9.90 Å². The smallest absolute Gasteiger partial charge is 0.322 e. The number of nitrogens with zero attached hydrogens (tertiary/aromatic N) is 1. The number of hydrogen-bond acceptors (Lipinski definition) is 2. The molecule has 20 heavy (non-hydrogen) atoms. The van der Waals surface area contributed by atoms with E-state index in [-0.39, 0.29) is 18.7 Å². The Morgan fingerprint density at radius 3 is 3.00 bits per heavy atom. The Balaban J connectivity index is 2.12. The van der Waals surface area contributed by atoms with Gasteiger partial charge in [-0.05, 0) is 43.4 Å². The average molecular weight is 341 g/mol. The third-order valence-electron chi connectivity index (χ3n) is 4.07. The van der Waals surface area contributed by atoms with Gasteiger partial charge in [-0.1, -0.05) is 28.9 Å². The van der Waals surface area contributed by atoms with Gasteiger partial charge in [-0.3, -0.25) is 0 Å². The van der Waals surface area contributed by atoms with Crippen LogP contribution in [0, 0.1) is 12.8 Å². The van der Waals surface area contributed by atoms with Gasteiger partial charge >= 0.3 is 6.03 Å². The molecule has 4 nitrogen and oxygen atoms in total. The number of nitrogens with one attached hydrogen (secondary N) is 1. The zero-order chi connectivity index (χ0) is 14.7. The summed E-state index contributed by atoms with van der Waals surface area (Å²) in [5.41, 5.74) is 1.81. The highest BCUT2D eigenvalue weighted by Gasteiger charge is 2.31. The van der Waals surface area contributed by atoms with E-state index in [1.165, 1.54) is 0 Å². The fourth-order valence-electron chi connectivity index (χ4n) is 2.71. The van der Waals surface area contributed by atoms with Gasteiger partial charge < -0.3 is 15.3 Å². The zero-order valence-electron chi connectivity index (χ0n) is 11.9. The summed E-state index contributed by atoms with van der Waals surface area (Å²) >= 11 is 3.46. The summed E-state index contributed by atoms with van der Waals surface area (Å²) in [5.74, 6) is 0.336. The van der Waals surface area contributed by atoms with Crippen LogP contribution in [0.4, 0.5) is 10.5 Å². The van der Waals surface area contributed by atoms with Gasteiger partial charge in [0, 0.05) is 16.7 Å². The highest BCUT2D eigenvalue weighted by molar-refractivity contribution is 9.10. The molecule has 1 fully saturated rings. The predicted molar refractivity (Wildman–Crippen MR) is 83.9 cm³/mol. The standard InChI is InChI=1S/C15H21BrN2O2/c1-10-5-4-8-18(14(10)9-19)15(20)17-13-7-3-6-12(16)11(13)2/h3,6-7,10,14,19H,4-5,8-9H2,1-2H3,(H,17,20). The molecule has 110 valence electrons. The summed E-state index contributed by atoms with van der Waals surface area (Å²) in [5, 5.41) is 12.5. The van der Waals surface area contributed by atoms with Gasteiger partial charge in [0.15, 0.2) is 0 Å². The first-order valence-corrected chi connectivity index (χ1v) is 7.77. The molecule has 1 aromatic carbocycles. The number of urea groups is 1. The molecule has 1 aliphatic heterocycles. The number of carbonyl (C=O) groups excluding carboxylic acids is 1. The first-order chi connectivity index (χ1) is 9.54. The molecule has 1 aromatic rings. The molecule has 0 saturated carbocycles. The summed E-state index contributed by atoms with van der Waals surface area (Å²) in [7, 11) is 0. The lowest BCUT2D eigenvalue weighted by molar-refractivity contribution is 0.0811. The molecular formula is C15H21BrN2O2. The van der Waals surface area contributed by atoms with Gasteiger partial charge in [-0.15, -0.1) is 0 Å². The molecule has 2 N–H and O–H groups in total. The molecule has 0 radical (unpaired) electrons. The van der Waals surface area contributed by atoms with E-state index >= 15 is 0 Å². The number of likely N-dealkylation sites (tertiary alicyclic amines) is 1. The topological polar surface area (TPSA) is 52.6 Å². The average Bonchev–Trinajstić information content (AvgIpc) is 2.43. The number of benzene rings is 1. The number of hydrogen-bond donors (Lipinski definition) is 2. The third-order valence-corrected chi connectivity index (χ3v) is 4.93. The van der Waals surface area contributed by atoms with E-state index in [1.54, 1.807) is 4.90 Å². The van der Waals surface area contributed by atoms with E-state index in [0.29, 0.717) is 12.5 Å². The minimum atomic E-state index is -0.128. The molecule has 0 aromatic heterocycles. The zero-order valence-corrected chi connectivity index (χ0v) is 13.5. The summed E-state index contributed by atoms with van der Waals surface area (Å²) in [6.07, 6.45) is 2.05. The largest absolute Gasteiger partial charge is 0.394 e. The van der Waals surface area contributed by atoms with Crippen LogP contribution in [0.15, 0.2) is 22.7 Å². The second-order valence-electron chi connectivity index (χ2n) is 5.41. The normalized spacial score (nSPS) is 22.7. The Labute approximate surface area is 128 Å². The predicted octanol–water partition coefficient (Wildman–Crippen LogP) is 3.38. The lowest BCUT2D eigenvalue weighted by Gasteiger charge is -2.39. The van der Waals surface area contributed by atoms with E-state index in [4.69, 9.17) is 0 Å². The first-order valence-electron chi connectivity index (χ1n) is 6.98. The van der Waals surface area contributed by atoms with Crippen molar-refractivity contribution in [2.24, 2.45) is 5.92 Å². The molecule has 2 unspecified atom stereocenters. The fraction of sp³-hybridized carbons (Fsp3) is 0.533. The minimum Gasteiger partial charge on any atom is -0.394 e. The van der Waals surface area contributed by atoms with Crippen LogP contribution >= 0.6 is 15.9 Å². The molecule has 0 spiro atoms. The van der Waals surface area contributed by atoms with Crippen molar-refractivity contribution in [3.05, 3.63) is 28.2 Å². The number of rotatable bonds is 2. The maximum Gasteiger partial charge on any atom is 0.322 e. The Bertz CT molecular complexity index is 493.